The standard InChI is InChI=1S/C10H19NO4/c1-3-9(13)11(6-4-8-12)7-5-10(14)15-2/h12H,3-8H2,1-2H3. The lowest BCUT2D eigenvalue weighted by molar-refractivity contribution is -0.141. The molecule has 5 heteroatoms. The molecule has 0 spiro atoms. The maximum atomic E-state index is 11.4. The third kappa shape index (κ3) is 6.06. The molecule has 0 saturated heterocycles. The minimum Gasteiger partial charge on any atom is -0.469 e. The lowest BCUT2D eigenvalue weighted by Gasteiger charge is -2.21. The summed E-state index contributed by atoms with van der Waals surface area (Å²) in [7, 11) is 1.32. The van der Waals surface area contributed by atoms with Crippen molar-refractivity contribution in [3.05, 3.63) is 0 Å². The van der Waals surface area contributed by atoms with Crippen molar-refractivity contribution >= 4 is 11.9 Å². The van der Waals surface area contributed by atoms with E-state index in [-0.39, 0.29) is 24.9 Å². The first kappa shape index (κ1) is 13.9. The first-order valence-corrected chi connectivity index (χ1v) is 5.11. The molecule has 1 N–H and O–H groups in total. The number of hydrogen-bond acceptors (Lipinski definition) is 4. The van der Waals surface area contributed by atoms with Gasteiger partial charge in [-0.25, -0.2) is 0 Å². The van der Waals surface area contributed by atoms with E-state index in [9.17, 15) is 9.59 Å². The van der Waals surface area contributed by atoms with Crippen molar-refractivity contribution in [1.29, 1.82) is 0 Å². The molecule has 15 heavy (non-hydrogen) atoms. The maximum Gasteiger partial charge on any atom is 0.307 e. The minimum atomic E-state index is -0.326. The predicted octanol–water partition coefficient (Wildman–Crippen LogP) is 0.170. The Morgan fingerprint density at radius 1 is 1.33 bits per heavy atom. The van der Waals surface area contributed by atoms with Crippen molar-refractivity contribution in [2.45, 2.75) is 26.2 Å². The molecular weight excluding hydrogens is 198 g/mol. The van der Waals surface area contributed by atoms with E-state index in [0.717, 1.165) is 0 Å². The van der Waals surface area contributed by atoms with Crippen molar-refractivity contribution in [1.82, 2.24) is 4.90 Å². The number of amides is 1. The number of rotatable bonds is 7. The largest absolute Gasteiger partial charge is 0.469 e. The summed E-state index contributed by atoms with van der Waals surface area (Å²) in [5.74, 6) is -0.333. The Morgan fingerprint density at radius 2 is 2.00 bits per heavy atom. The van der Waals surface area contributed by atoms with Crippen LogP contribution in [0.25, 0.3) is 0 Å². The third-order valence-electron chi connectivity index (χ3n) is 2.05. The molecule has 0 aliphatic rings. The molecule has 0 saturated carbocycles. The molecule has 5 nitrogen and oxygen atoms in total. The topological polar surface area (TPSA) is 66.8 Å². The average molecular weight is 217 g/mol. The molecule has 0 rings (SSSR count). The van der Waals surface area contributed by atoms with Crippen molar-refractivity contribution in [3.8, 4) is 0 Å². The van der Waals surface area contributed by atoms with Gasteiger partial charge in [0.25, 0.3) is 0 Å². The summed E-state index contributed by atoms with van der Waals surface area (Å²) in [5, 5.41) is 8.66. The van der Waals surface area contributed by atoms with Crippen LogP contribution in [-0.4, -0.2) is 48.7 Å². The number of nitrogens with zero attached hydrogens (tertiary/aromatic N) is 1. The van der Waals surface area contributed by atoms with E-state index in [1.54, 1.807) is 11.8 Å². The fourth-order valence-electron chi connectivity index (χ4n) is 1.17. The van der Waals surface area contributed by atoms with Gasteiger partial charge in [0.15, 0.2) is 0 Å². The summed E-state index contributed by atoms with van der Waals surface area (Å²) in [6.07, 6.45) is 1.15. The first-order valence-electron chi connectivity index (χ1n) is 5.11. The molecule has 0 aromatic heterocycles. The molecular formula is C10H19NO4. The van der Waals surface area contributed by atoms with Crippen LogP contribution in [0.15, 0.2) is 0 Å². The van der Waals surface area contributed by atoms with Crippen molar-refractivity contribution in [3.63, 3.8) is 0 Å². The van der Waals surface area contributed by atoms with Crippen LogP contribution < -0.4 is 0 Å². The Balaban J connectivity index is 4.00. The van der Waals surface area contributed by atoms with E-state index in [0.29, 0.717) is 25.9 Å². The molecule has 0 fully saturated rings. The minimum absolute atomic E-state index is 0.00708. The van der Waals surface area contributed by atoms with Crippen LogP contribution in [0.1, 0.15) is 26.2 Å². The van der Waals surface area contributed by atoms with E-state index in [1.165, 1.54) is 7.11 Å². The molecule has 0 aliphatic carbocycles. The van der Waals surface area contributed by atoms with Crippen LogP contribution in [0.4, 0.5) is 0 Å². The monoisotopic (exact) mass is 217 g/mol. The Morgan fingerprint density at radius 3 is 2.47 bits per heavy atom. The number of hydrogen-bond donors (Lipinski definition) is 1. The number of carbonyl (C=O) groups excluding carboxylic acids is 2. The second-order valence-corrected chi connectivity index (χ2v) is 3.14. The van der Waals surface area contributed by atoms with Gasteiger partial charge >= 0.3 is 5.97 Å². The van der Waals surface area contributed by atoms with Gasteiger partial charge in [-0.2, -0.15) is 0 Å². The zero-order valence-corrected chi connectivity index (χ0v) is 9.36. The summed E-state index contributed by atoms with van der Waals surface area (Å²) < 4.78 is 4.49. The molecule has 0 bridgehead atoms. The summed E-state index contributed by atoms with van der Waals surface area (Å²) in [6, 6.07) is 0. The van der Waals surface area contributed by atoms with Gasteiger partial charge in [-0.3, -0.25) is 9.59 Å². The summed E-state index contributed by atoms with van der Waals surface area (Å²) >= 11 is 0. The molecule has 88 valence electrons. The lowest BCUT2D eigenvalue weighted by atomic mass is 10.3. The molecule has 0 aromatic carbocycles. The highest BCUT2D eigenvalue weighted by Gasteiger charge is 2.12. The van der Waals surface area contributed by atoms with Gasteiger partial charge in [-0.15, -0.1) is 0 Å². The number of carbonyl (C=O) groups is 2. The van der Waals surface area contributed by atoms with Crippen LogP contribution in [0.2, 0.25) is 0 Å². The van der Waals surface area contributed by atoms with Crippen molar-refractivity contribution < 1.29 is 19.4 Å². The molecule has 0 radical (unpaired) electrons. The predicted molar refractivity (Wildman–Crippen MR) is 55.2 cm³/mol. The van der Waals surface area contributed by atoms with Gasteiger partial charge < -0.3 is 14.7 Å². The van der Waals surface area contributed by atoms with Crippen LogP contribution in [-0.2, 0) is 14.3 Å². The molecule has 0 aromatic rings. The Hall–Kier alpha value is -1.10. The summed E-state index contributed by atoms with van der Waals surface area (Å²) in [5.41, 5.74) is 0. The summed E-state index contributed by atoms with van der Waals surface area (Å²) in [4.78, 5) is 23.9. The van der Waals surface area contributed by atoms with E-state index >= 15 is 0 Å². The Bertz CT molecular complexity index is 206. The van der Waals surface area contributed by atoms with Crippen LogP contribution >= 0.6 is 0 Å². The molecule has 0 aliphatic heterocycles. The number of aliphatic hydroxyl groups excluding tert-OH is 1. The maximum absolute atomic E-state index is 11.4. The number of ether oxygens (including phenoxy) is 1. The fourth-order valence-corrected chi connectivity index (χ4v) is 1.17. The van der Waals surface area contributed by atoms with E-state index in [1.807, 2.05) is 0 Å². The van der Waals surface area contributed by atoms with Gasteiger partial charge in [0.05, 0.1) is 13.5 Å². The van der Waals surface area contributed by atoms with Crippen LogP contribution in [0.5, 0.6) is 0 Å². The normalized spacial score (nSPS) is 9.80. The molecule has 0 heterocycles. The highest BCUT2D eigenvalue weighted by atomic mass is 16.5. The smallest absolute Gasteiger partial charge is 0.307 e. The quantitative estimate of drug-likeness (QED) is 0.617. The van der Waals surface area contributed by atoms with Gasteiger partial charge in [0.2, 0.25) is 5.91 Å². The van der Waals surface area contributed by atoms with Gasteiger partial charge in [-0.05, 0) is 6.42 Å². The number of aliphatic hydroxyl groups is 1. The van der Waals surface area contributed by atoms with E-state index in [2.05, 4.69) is 4.74 Å². The van der Waals surface area contributed by atoms with Gasteiger partial charge in [0.1, 0.15) is 0 Å². The number of esters is 1. The highest BCUT2D eigenvalue weighted by Crippen LogP contribution is 1.99. The first-order chi connectivity index (χ1) is 7.15. The highest BCUT2D eigenvalue weighted by molar-refractivity contribution is 5.76. The van der Waals surface area contributed by atoms with Gasteiger partial charge in [0, 0.05) is 26.1 Å². The Kier molecular flexibility index (Phi) is 7.62. The zero-order valence-electron chi connectivity index (χ0n) is 9.36. The Labute approximate surface area is 90.0 Å². The average Bonchev–Trinajstić information content (AvgIpc) is 2.27. The third-order valence-corrected chi connectivity index (χ3v) is 2.05. The molecule has 0 unspecified atom stereocenters. The molecule has 1 amide bonds. The zero-order chi connectivity index (χ0) is 11.7. The number of methoxy groups -OCH3 is 1. The van der Waals surface area contributed by atoms with Crippen molar-refractivity contribution in [2.24, 2.45) is 0 Å². The SMILES string of the molecule is CCC(=O)N(CCCO)CCC(=O)OC. The summed E-state index contributed by atoms with van der Waals surface area (Å²) in [6.45, 7) is 2.66. The van der Waals surface area contributed by atoms with Crippen LogP contribution in [0, 0.1) is 0 Å². The van der Waals surface area contributed by atoms with Gasteiger partial charge in [-0.1, -0.05) is 6.92 Å². The van der Waals surface area contributed by atoms with E-state index < -0.39 is 0 Å². The van der Waals surface area contributed by atoms with Crippen LogP contribution in [0.3, 0.4) is 0 Å². The van der Waals surface area contributed by atoms with E-state index in [4.69, 9.17) is 5.11 Å². The van der Waals surface area contributed by atoms with Crippen molar-refractivity contribution in [2.75, 3.05) is 26.8 Å². The second kappa shape index (κ2) is 8.23. The molecule has 0 atom stereocenters. The fraction of sp³-hybridized carbons (Fsp3) is 0.800. The lowest BCUT2D eigenvalue weighted by Crippen LogP contribution is -2.33. The second-order valence-electron chi connectivity index (χ2n) is 3.14.